The number of nitrogen functional groups attached to an aromatic ring is 1. The zero-order chi connectivity index (χ0) is 17.6. The van der Waals surface area contributed by atoms with Crippen molar-refractivity contribution >= 4 is 28.1 Å². The highest BCUT2D eigenvalue weighted by Gasteiger charge is 2.19. The molecule has 0 spiro atoms. The molecule has 2 heterocycles. The molecule has 6 nitrogen and oxygen atoms in total. The van der Waals surface area contributed by atoms with Gasteiger partial charge in [-0.15, -0.1) is 11.3 Å². The second-order valence-corrected chi connectivity index (χ2v) is 7.42. The van der Waals surface area contributed by atoms with Crippen LogP contribution in [0, 0.1) is 0 Å². The van der Waals surface area contributed by atoms with Gasteiger partial charge in [-0.2, -0.15) is 0 Å². The second kappa shape index (κ2) is 8.42. The van der Waals surface area contributed by atoms with Crippen molar-refractivity contribution in [2.45, 2.75) is 19.9 Å². The quantitative estimate of drug-likeness (QED) is 0.826. The third-order valence-corrected chi connectivity index (χ3v) is 5.27. The van der Waals surface area contributed by atoms with Gasteiger partial charge >= 0.3 is 0 Å². The highest BCUT2D eigenvalue weighted by Crippen LogP contribution is 2.18. The molecule has 1 aliphatic rings. The van der Waals surface area contributed by atoms with Crippen LogP contribution < -0.4 is 11.1 Å². The number of aryl methyl sites for hydroxylation is 1. The number of carbonyl (C=O) groups excluding carboxylic acids is 1. The summed E-state index contributed by atoms with van der Waals surface area (Å²) in [5, 5.41) is 3.67. The topological polar surface area (TPSA) is 74.5 Å². The Morgan fingerprint density at radius 3 is 2.64 bits per heavy atom. The number of piperazine rings is 1. The van der Waals surface area contributed by atoms with E-state index < -0.39 is 0 Å². The molecule has 3 rings (SSSR count). The van der Waals surface area contributed by atoms with Crippen molar-refractivity contribution in [3.63, 3.8) is 0 Å². The number of hydrogen-bond donors (Lipinski definition) is 2. The van der Waals surface area contributed by atoms with Crippen LogP contribution in [0.3, 0.4) is 0 Å². The molecule has 2 aromatic rings. The van der Waals surface area contributed by atoms with Gasteiger partial charge in [0, 0.05) is 49.5 Å². The third-order valence-electron chi connectivity index (χ3n) is 4.46. The zero-order valence-electron chi connectivity index (χ0n) is 14.6. The number of nitrogens with zero attached hydrogens (tertiary/aromatic N) is 3. The van der Waals surface area contributed by atoms with E-state index in [2.05, 4.69) is 33.1 Å². The molecule has 0 unspecified atom stereocenters. The maximum absolute atomic E-state index is 12.3. The van der Waals surface area contributed by atoms with Crippen LogP contribution in [0.2, 0.25) is 0 Å². The number of para-hydroxylation sites is 1. The Morgan fingerprint density at radius 2 is 1.96 bits per heavy atom. The molecule has 3 N–H and O–H groups in total. The molecule has 1 fully saturated rings. The molecule has 0 saturated carbocycles. The van der Waals surface area contributed by atoms with E-state index >= 15 is 0 Å². The molecule has 0 radical (unpaired) electrons. The number of aromatic nitrogens is 1. The lowest BCUT2D eigenvalue weighted by molar-refractivity contribution is -0.117. The number of nitrogens with two attached hydrogens (primary N) is 1. The first-order chi connectivity index (χ1) is 12.1. The van der Waals surface area contributed by atoms with E-state index in [4.69, 9.17) is 5.73 Å². The van der Waals surface area contributed by atoms with Crippen molar-refractivity contribution in [1.29, 1.82) is 0 Å². The van der Waals surface area contributed by atoms with Gasteiger partial charge in [0.05, 0.1) is 6.54 Å². The van der Waals surface area contributed by atoms with Gasteiger partial charge in [-0.3, -0.25) is 14.6 Å². The number of anilines is 2. The molecular weight excluding hydrogens is 334 g/mol. The number of nitrogens with one attached hydrogen (secondary N) is 1. The van der Waals surface area contributed by atoms with Crippen LogP contribution >= 0.6 is 11.3 Å². The second-order valence-electron chi connectivity index (χ2n) is 6.28. The Bertz CT molecular complexity index is 709. The smallest absolute Gasteiger partial charge is 0.238 e. The molecule has 134 valence electrons. The minimum Gasteiger partial charge on any atom is -0.375 e. The predicted octanol–water partition coefficient (Wildman–Crippen LogP) is 2.04. The summed E-state index contributed by atoms with van der Waals surface area (Å²) < 4.78 is 0. The number of carbonyl (C=O) groups is 1. The zero-order valence-corrected chi connectivity index (χ0v) is 15.4. The molecule has 0 atom stereocenters. The molecule has 1 aliphatic heterocycles. The lowest BCUT2D eigenvalue weighted by Crippen LogP contribution is -2.48. The van der Waals surface area contributed by atoms with Gasteiger partial charge in [-0.05, 0) is 18.1 Å². The summed E-state index contributed by atoms with van der Waals surface area (Å²) in [7, 11) is 0. The minimum atomic E-state index is 0.0598. The Kier molecular flexibility index (Phi) is 6.01. The molecular formula is C18H25N5OS. The summed E-state index contributed by atoms with van der Waals surface area (Å²) >= 11 is 1.54. The fourth-order valence-corrected chi connectivity index (χ4v) is 3.79. The number of rotatable bonds is 6. The Morgan fingerprint density at radius 1 is 1.24 bits per heavy atom. The molecule has 1 saturated heterocycles. The fraction of sp³-hybridized carbons (Fsp3) is 0.444. The van der Waals surface area contributed by atoms with Crippen LogP contribution in [0.25, 0.3) is 0 Å². The fourth-order valence-electron chi connectivity index (χ4n) is 3.07. The Balaban J connectivity index is 1.44. The molecule has 1 aromatic carbocycles. The van der Waals surface area contributed by atoms with Crippen LogP contribution in [-0.2, 0) is 17.8 Å². The van der Waals surface area contributed by atoms with Crippen molar-refractivity contribution < 1.29 is 4.79 Å². The first kappa shape index (κ1) is 17.8. The van der Waals surface area contributed by atoms with E-state index in [0.29, 0.717) is 11.7 Å². The van der Waals surface area contributed by atoms with E-state index in [9.17, 15) is 4.79 Å². The summed E-state index contributed by atoms with van der Waals surface area (Å²) in [6.45, 7) is 7.14. The van der Waals surface area contributed by atoms with E-state index in [1.165, 1.54) is 10.4 Å². The average Bonchev–Trinajstić information content (AvgIpc) is 3.02. The molecule has 0 aliphatic carbocycles. The van der Waals surface area contributed by atoms with Crippen molar-refractivity contribution in [2.75, 3.05) is 43.8 Å². The van der Waals surface area contributed by atoms with Gasteiger partial charge in [0.25, 0.3) is 0 Å². The van der Waals surface area contributed by atoms with Crippen LogP contribution in [0.4, 0.5) is 10.8 Å². The summed E-state index contributed by atoms with van der Waals surface area (Å²) in [6.07, 6.45) is 2.77. The van der Waals surface area contributed by atoms with E-state index in [-0.39, 0.29) is 5.91 Å². The van der Waals surface area contributed by atoms with Crippen LogP contribution in [0.1, 0.15) is 17.4 Å². The minimum absolute atomic E-state index is 0.0598. The first-order valence-electron chi connectivity index (χ1n) is 8.66. The SMILES string of the molecule is CCc1ccccc1NC(=O)CN1CCN(Cc2cnc(N)s2)CC1. The molecule has 1 aromatic heterocycles. The summed E-state index contributed by atoms with van der Waals surface area (Å²) in [5.74, 6) is 0.0598. The van der Waals surface area contributed by atoms with Crippen LogP contribution in [0.15, 0.2) is 30.5 Å². The maximum Gasteiger partial charge on any atom is 0.238 e. The van der Waals surface area contributed by atoms with Gasteiger partial charge < -0.3 is 11.1 Å². The van der Waals surface area contributed by atoms with E-state index in [0.717, 1.165) is 44.8 Å². The Labute approximate surface area is 152 Å². The van der Waals surface area contributed by atoms with Gasteiger partial charge in [0.15, 0.2) is 5.13 Å². The number of thiazole rings is 1. The van der Waals surface area contributed by atoms with Crippen LogP contribution in [-0.4, -0.2) is 53.4 Å². The standard InChI is InChI=1S/C18H25N5OS/c1-2-14-5-3-4-6-16(14)21-17(24)13-23-9-7-22(8-10-23)12-15-11-20-18(19)25-15/h3-6,11H,2,7-10,12-13H2,1H3,(H2,19,20)(H,21,24). The largest absolute Gasteiger partial charge is 0.375 e. The van der Waals surface area contributed by atoms with Gasteiger partial charge in [-0.25, -0.2) is 4.98 Å². The van der Waals surface area contributed by atoms with Crippen molar-refractivity contribution in [3.05, 3.63) is 40.9 Å². The van der Waals surface area contributed by atoms with E-state index in [1.54, 1.807) is 11.3 Å². The highest BCUT2D eigenvalue weighted by atomic mass is 32.1. The van der Waals surface area contributed by atoms with Crippen LogP contribution in [0.5, 0.6) is 0 Å². The first-order valence-corrected chi connectivity index (χ1v) is 9.48. The predicted molar refractivity (Wildman–Crippen MR) is 103 cm³/mol. The van der Waals surface area contributed by atoms with Crippen molar-refractivity contribution in [3.8, 4) is 0 Å². The van der Waals surface area contributed by atoms with Crippen molar-refractivity contribution in [2.24, 2.45) is 0 Å². The summed E-state index contributed by atoms with van der Waals surface area (Å²) in [6, 6.07) is 7.99. The average molecular weight is 359 g/mol. The molecule has 7 heteroatoms. The maximum atomic E-state index is 12.3. The molecule has 0 bridgehead atoms. The van der Waals surface area contributed by atoms with Gasteiger partial charge in [0.2, 0.25) is 5.91 Å². The van der Waals surface area contributed by atoms with Crippen molar-refractivity contribution in [1.82, 2.24) is 14.8 Å². The molecule has 1 amide bonds. The van der Waals surface area contributed by atoms with Gasteiger partial charge in [-0.1, -0.05) is 25.1 Å². The number of amides is 1. The third kappa shape index (κ3) is 5.01. The number of hydrogen-bond acceptors (Lipinski definition) is 6. The highest BCUT2D eigenvalue weighted by molar-refractivity contribution is 7.15. The monoisotopic (exact) mass is 359 g/mol. The normalized spacial score (nSPS) is 16.0. The molecule has 25 heavy (non-hydrogen) atoms. The van der Waals surface area contributed by atoms with Gasteiger partial charge in [0.1, 0.15) is 0 Å². The number of benzene rings is 1. The van der Waals surface area contributed by atoms with E-state index in [1.807, 2.05) is 24.4 Å². The lowest BCUT2D eigenvalue weighted by Gasteiger charge is -2.33. The summed E-state index contributed by atoms with van der Waals surface area (Å²) in [4.78, 5) is 22.2. The Hall–Kier alpha value is -1.96. The lowest BCUT2D eigenvalue weighted by atomic mass is 10.1. The summed E-state index contributed by atoms with van der Waals surface area (Å²) in [5.41, 5.74) is 7.78.